The third kappa shape index (κ3) is 2.71. The molecule has 28 heavy (non-hydrogen) atoms. The summed E-state index contributed by atoms with van der Waals surface area (Å²) in [5, 5.41) is 4.97. The number of amides is 1. The molecule has 1 aromatic heterocycles. The van der Waals surface area contributed by atoms with Crippen LogP contribution in [0.4, 0.5) is 5.69 Å². The van der Waals surface area contributed by atoms with Crippen LogP contribution in [0.5, 0.6) is 0 Å². The van der Waals surface area contributed by atoms with Gasteiger partial charge in [0.2, 0.25) is 0 Å². The Bertz CT molecular complexity index is 1070. The van der Waals surface area contributed by atoms with E-state index in [1.165, 1.54) is 5.69 Å². The molecule has 0 aliphatic carbocycles. The quantitative estimate of drug-likeness (QED) is 0.586. The fraction of sp³-hybridized carbons (Fsp3) is 0.227. The zero-order valence-corrected chi connectivity index (χ0v) is 16.7. The van der Waals surface area contributed by atoms with Crippen LogP contribution in [-0.2, 0) is 5.54 Å². The molecule has 0 radical (unpaired) electrons. The maximum absolute atomic E-state index is 12.9. The molecule has 1 fully saturated rings. The Morgan fingerprint density at radius 3 is 2.57 bits per heavy atom. The lowest BCUT2D eigenvalue weighted by molar-refractivity contribution is 0.0676. The van der Waals surface area contributed by atoms with Gasteiger partial charge >= 0.3 is 0 Å². The summed E-state index contributed by atoms with van der Waals surface area (Å²) in [6.07, 6.45) is 3.74. The highest BCUT2D eigenvalue weighted by molar-refractivity contribution is 6.33. The second-order valence-corrected chi connectivity index (χ2v) is 8.25. The maximum atomic E-state index is 12.9. The van der Waals surface area contributed by atoms with Gasteiger partial charge in [0.15, 0.2) is 0 Å². The molecule has 2 aliphatic heterocycles. The molecule has 1 spiro atoms. The minimum atomic E-state index is -0.193. The summed E-state index contributed by atoms with van der Waals surface area (Å²) in [6.45, 7) is 1.34. The number of aromatic nitrogens is 1. The number of anilines is 1. The lowest BCUT2D eigenvalue weighted by Crippen LogP contribution is -2.51. The number of carbonyl (C=O) groups is 1. The number of rotatable bonds is 1. The molecular weight excluding hydrogens is 393 g/mol. The number of hydrogen-bond donors (Lipinski definition) is 1. The van der Waals surface area contributed by atoms with Gasteiger partial charge in [-0.25, -0.2) is 0 Å². The van der Waals surface area contributed by atoms with Gasteiger partial charge in [-0.3, -0.25) is 4.79 Å². The van der Waals surface area contributed by atoms with Gasteiger partial charge in [-0.2, -0.15) is 0 Å². The Labute approximate surface area is 173 Å². The average molecular weight is 412 g/mol. The topological polar surface area (TPSA) is 37.3 Å². The third-order valence-electron chi connectivity index (χ3n) is 5.84. The van der Waals surface area contributed by atoms with Crippen LogP contribution in [0.2, 0.25) is 10.0 Å². The molecule has 5 rings (SSSR count). The van der Waals surface area contributed by atoms with Crippen molar-refractivity contribution >= 4 is 34.8 Å². The number of fused-ring (bicyclic) bond motifs is 4. The van der Waals surface area contributed by atoms with Crippen molar-refractivity contribution < 1.29 is 4.79 Å². The largest absolute Gasteiger partial charge is 0.372 e. The molecule has 3 aromatic rings. The first-order valence-corrected chi connectivity index (χ1v) is 10.1. The molecule has 0 unspecified atom stereocenters. The highest BCUT2D eigenvalue weighted by Gasteiger charge is 2.42. The van der Waals surface area contributed by atoms with E-state index in [4.69, 9.17) is 23.2 Å². The Kier molecular flexibility index (Phi) is 4.14. The molecular formula is C22H19Cl2N3O. The van der Waals surface area contributed by atoms with E-state index in [1.54, 1.807) is 12.1 Å². The first-order valence-electron chi connectivity index (χ1n) is 9.37. The third-order valence-corrected chi connectivity index (χ3v) is 6.41. The molecule has 3 heterocycles. The summed E-state index contributed by atoms with van der Waals surface area (Å²) in [5.74, 6) is -0.00109. The predicted molar refractivity (Wildman–Crippen MR) is 113 cm³/mol. The van der Waals surface area contributed by atoms with Gasteiger partial charge in [-0.15, -0.1) is 0 Å². The van der Waals surface area contributed by atoms with Gasteiger partial charge in [0.05, 0.1) is 27.5 Å². The molecule has 2 aromatic carbocycles. The van der Waals surface area contributed by atoms with Crippen molar-refractivity contribution in [3.8, 4) is 5.69 Å². The number of piperidine rings is 1. The van der Waals surface area contributed by atoms with Gasteiger partial charge in [0.1, 0.15) is 0 Å². The zero-order valence-electron chi connectivity index (χ0n) is 15.2. The SMILES string of the molecule is O=C(c1ccccc1Cl)N1CCC2(CC1)Nc1ccc(Cl)cc1-n1cccc12. The van der Waals surface area contributed by atoms with E-state index in [0.29, 0.717) is 23.7 Å². The highest BCUT2D eigenvalue weighted by atomic mass is 35.5. The fourth-order valence-electron chi connectivity index (χ4n) is 4.39. The van der Waals surface area contributed by atoms with Crippen LogP contribution in [0.1, 0.15) is 28.9 Å². The first-order chi connectivity index (χ1) is 13.6. The van der Waals surface area contributed by atoms with Crippen molar-refractivity contribution in [1.82, 2.24) is 9.47 Å². The molecule has 0 atom stereocenters. The van der Waals surface area contributed by atoms with Gasteiger partial charge in [0, 0.05) is 30.0 Å². The lowest BCUT2D eigenvalue weighted by Gasteiger charge is -2.46. The van der Waals surface area contributed by atoms with Crippen LogP contribution in [0.3, 0.4) is 0 Å². The van der Waals surface area contributed by atoms with E-state index in [9.17, 15) is 4.79 Å². The normalized spacial score (nSPS) is 17.0. The number of halogens is 2. The van der Waals surface area contributed by atoms with Crippen LogP contribution < -0.4 is 5.32 Å². The first kappa shape index (κ1) is 17.7. The van der Waals surface area contributed by atoms with Gasteiger partial charge in [-0.1, -0.05) is 35.3 Å². The van der Waals surface area contributed by atoms with Crippen molar-refractivity contribution in [1.29, 1.82) is 0 Å². The Morgan fingerprint density at radius 1 is 1.00 bits per heavy atom. The van der Waals surface area contributed by atoms with Crippen LogP contribution >= 0.6 is 23.2 Å². The summed E-state index contributed by atoms with van der Waals surface area (Å²) in [6, 6.07) is 17.4. The standard InChI is InChI=1S/C22H19Cl2N3O/c23-15-7-8-18-19(14-15)27-11-3-6-20(27)22(25-18)9-12-26(13-10-22)21(28)16-4-1-2-5-17(16)24/h1-8,11,14,25H,9-10,12-13H2. The van der Waals surface area contributed by atoms with E-state index in [2.05, 4.69) is 28.2 Å². The average Bonchev–Trinajstić information content (AvgIpc) is 3.21. The number of benzene rings is 2. The van der Waals surface area contributed by atoms with Gasteiger partial charge in [-0.05, 0) is 55.3 Å². The molecule has 142 valence electrons. The van der Waals surface area contributed by atoms with Crippen molar-refractivity contribution in [3.05, 3.63) is 82.1 Å². The molecule has 1 saturated heterocycles. The van der Waals surface area contributed by atoms with Gasteiger partial charge < -0.3 is 14.8 Å². The van der Waals surface area contributed by atoms with Crippen LogP contribution in [0.15, 0.2) is 60.8 Å². The van der Waals surface area contributed by atoms with Crippen LogP contribution in [-0.4, -0.2) is 28.5 Å². The van der Waals surface area contributed by atoms with Crippen molar-refractivity contribution in [2.24, 2.45) is 0 Å². The number of nitrogens with one attached hydrogen (secondary N) is 1. The van der Waals surface area contributed by atoms with Crippen molar-refractivity contribution in [2.75, 3.05) is 18.4 Å². The minimum Gasteiger partial charge on any atom is -0.372 e. The Hall–Kier alpha value is -2.43. The summed E-state index contributed by atoms with van der Waals surface area (Å²) in [5.41, 5.74) is 3.72. The predicted octanol–water partition coefficient (Wildman–Crippen LogP) is 5.34. The van der Waals surface area contributed by atoms with E-state index < -0.39 is 0 Å². The molecule has 1 N–H and O–H groups in total. The van der Waals surface area contributed by atoms with Gasteiger partial charge in [0.25, 0.3) is 5.91 Å². The number of nitrogens with zero attached hydrogens (tertiary/aromatic N) is 2. The fourth-order valence-corrected chi connectivity index (χ4v) is 4.77. The molecule has 0 saturated carbocycles. The minimum absolute atomic E-state index is 0.00109. The summed E-state index contributed by atoms with van der Waals surface area (Å²) in [7, 11) is 0. The molecule has 1 amide bonds. The molecule has 2 aliphatic rings. The van der Waals surface area contributed by atoms with Crippen LogP contribution in [0, 0.1) is 0 Å². The van der Waals surface area contributed by atoms with E-state index in [-0.39, 0.29) is 11.4 Å². The number of carbonyl (C=O) groups excluding carboxylic acids is 1. The van der Waals surface area contributed by atoms with Crippen LogP contribution in [0.25, 0.3) is 5.69 Å². The van der Waals surface area contributed by atoms with E-state index in [0.717, 1.165) is 29.2 Å². The smallest absolute Gasteiger partial charge is 0.255 e. The summed E-state index contributed by atoms with van der Waals surface area (Å²) >= 11 is 12.4. The lowest BCUT2D eigenvalue weighted by atomic mass is 9.82. The summed E-state index contributed by atoms with van der Waals surface area (Å²) < 4.78 is 2.21. The zero-order chi connectivity index (χ0) is 19.3. The maximum Gasteiger partial charge on any atom is 0.255 e. The highest BCUT2D eigenvalue weighted by Crippen LogP contribution is 2.44. The summed E-state index contributed by atoms with van der Waals surface area (Å²) in [4.78, 5) is 14.8. The number of hydrogen-bond acceptors (Lipinski definition) is 2. The van der Waals surface area contributed by atoms with Crippen molar-refractivity contribution in [3.63, 3.8) is 0 Å². The van der Waals surface area contributed by atoms with Crippen molar-refractivity contribution in [2.45, 2.75) is 18.4 Å². The Balaban J connectivity index is 1.43. The Morgan fingerprint density at radius 2 is 1.79 bits per heavy atom. The number of likely N-dealkylation sites (tertiary alicyclic amines) is 1. The molecule has 6 heteroatoms. The second kappa shape index (κ2) is 6.57. The second-order valence-electron chi connectivity index (χ2n) is 7.40. The molecule has 0 bridgehead atoms. The van der Waals surface area contributed by atoms with E-state index >= 15 is 0 Å². The monoisotopic (exact) mass is 411 g/mol. The molecule has 4 nitrogen and oxygen atoms in total. The van der Waals surface area contributed by atoms with E-state index in [1.807, 2.05) is 35.2 Å².